The van der Waals surface area contributed by atoms with Crippen molar-refractivity contribution < 1.29 is 14.3 Å². The zero-order valence-electron chi connectivity index (χ0n) is 17.9. The molecule has 0 spiro atoms. The number of aryl methyl sites for hydroxylation is 1. The highest BCUT2D eigenvalue weighted by Gasteiger charge is 2.21. The third-order valence-electron chi connectivity index (χ3n) is 5.49. The molecule has 0 unspecified atom stereocenters. The SMILES string of the molecule is COc1ccc(CCN(C)CCC(=O)Nc2sc3c(c2C#N)CCCC3)cc1OC. The molecule has 0 bridgehead atoms. The van der Waals surface area contributed by atoms with E-state index < -0.39 is 0 Å². The van der Waals surface area contributed by atoms with Crippen LogP contribution in [0.25, 0.3) is 0 Å². The zero-order chi connectivity index (χ0) is 21.5. The van der Waals surface area contributed by atoms with E-state index in [1.807, 2.05) is 25.2 Å². The van der Waals surface area contributed by atoms with E-state index in [0.717, 1.165) is 66.3 Å². The fourth-order valence-corrected chi connectivity index (χ4v) is 4.98. The van der Waals surface area contributed by atoms with Crippen LogP contribution in [-0.4, -0.2) is 45.2 Å². The standard InChI is InChI=1S/C23H29N3O3S/c1-26(12-10-16-8-9-19(28-2)20(14-16)29-3)13-11-22(27)25-23-18(15-24)17-6-4-5-7-21(17)30-23/h8-9,14H,4-7,10-13H2,1-3H3,(H,25,27). The van der Waals surface area contributed by atoms with Crippen LogP contribution in [0.2, 0.25) is 0 Å². The van der Waals surface area contributed by atoms with Crippen molar-refractivity contribution >= 4 is 22.2 Å². The van der Waals surface area contributed by atoms with Crippen molar-refractivity contribution in [2.24, 2.45) is 0 Å². The number of hydrogen-bond acceptors (Lipinski definition) is 6. The second-order valence-corrected chi connectivity index (χ2v) is 8.67. The maximum absolute atomic E-state index is 12.5. The lowest BCUT2D eigenvalue weighted by Crippen LogP contribution is -2.26. The van der Waals surface area contributed by atoms with Gasteiger partial charge in [-0.3, -0.25) is 4.79 Å². The summed E-state index contributed by atoms with van der Waals surface area (Å²) in [6, 6.07) is 8.23. The van der Waals surface area contributed by atoms with Gasteiger partial charge in [-0.25, -0.2) is 0 Å². The van der Waals surface area contributed by atoms with Gasteiger partial charge in [0.15, 0.2) is 11.5 Å². The number of amides is 1. The van der Waals surface area contributed by atoms with Crippen LogP contribution in [0.4, 0.5) is 5.00 Å². The summed E-state index contributed by atoms with van der Waals surface area (Å²) in [4.78, 5) is 15.9. The molecular formula is C23H29N3O3S. The molecular weight excluding hydrogens is 398 g/mol. The average molecular weight is 428 g/mol. The molecule has 0 radical (unpaired) electrons. The molecule has 0 saturated carbocycles. The van der Waals surface area contributed by atoms with Gasteiger partial charge in [0.2, 0.25) is 5.91 Å². The Labute approximate surface area is 182 Å². The summed E-state index contributed by atoms with van der Waals surface area (Å²) in [5, 5.41) is 13.2. The zero-order valence-corrected chi connectivity index (χ0v) is 18.7. The fraction of sp³-hybridized carbons (Fsp3) is 0.478. The van der Waals surface area contributed by atoms with Crippen LogP contribution >= 0.6 is 11.3 Å². The van der Waals surface area contributed by atoms with Crippen molar-refractivity contribution in [1.29, 1.82) is 5.26 Å². The Morgan fingerprint density at radius 1 is 1.20 bits per heavy atom. The van der Waals surface area contributed by atoms with Crippen LogP contribution in [0.1, 0.15) is 40.8 Å². The minimum absolute atomic E-state index is 0.0388. The maximum atomic E-state index is 12.5. The summed E-state index contributed by atoms with van der Waals surface area (Å²) in [5.74, 6) is 1.41. The third-order valence-corrected chi connectivity index (χ3v) is 6.69. The molecule has 1 amide bonds. The highest BCUT2D eigenvalue weighted by atomic mass is 32.1. The first-order valence-electron chi connectivity index (χ1n) is 10.3. The molecule has 0 atom stereocenters. The lowest BCUT2D eigenvalue weighted by atomic mass is 9.96. The first-order chi connectivity index (χ1) is 14.5. The predicted molar refractivity (Wildman–Crippen MR) is 120 cm³/mol. The Balaban J connectivity index is 1.48. The number of nitriles is 1. The van der Waals surface area contributed by atoms with Crippen LogP contribution < -0.4 is 14.8 Å². The lowest BCUT2D eigenvalue weighted by molar-refractivity contribution is -0.116. The molecule has 1 aromatic carbocycles. The summed E-state index contributed by atoms with van der Waals surface area (Å²) in [6.45, 7) is 1.49. The number of nitrogens with zero attached hydrogens (tertiary/aromatic N) is 2. The Kier molecular flexibility index (Phi) is 7.72. The number of anilines is 1. The van der Waals surface area contributed by atoms with E-state index in [4.69, 9.17) is 9.47 Å². The summed E-state index contributed by atoms with van der Waals surface area (Å²) in [6.07, 6.45) is 5.50. The monoisotopic (exact) mass is 427 g/mol. The molecule has 2 aromatic rings. The van der Waals surface area contributed by atoms with Crippen LogP contribution in [-0.2, 0) is 24.1 Å². The Bertz CT molecular complexity index is 933. The van der Waals surface area contributed by atoms with E-state index in [0.29, 0.717) is 18.5 Å². The van der Waals surface area contributed by atoms with E-state index in [1.165, 1.54) is 4.88 Å². The second kappa shape index (κ2) is 10.5. The number of benzene rings is 1. The van der Waals surface area contributed by atoms with Gasteiger partial charge in [0.1, 0.15) is 11.1 Å². The number of hydrogen-bond donors (Lipinski definition) is 1. The number of methoxy groups -OCH3 is 2. The summed E-state index contributed by atoms with van der Waals surface area (Å²) < 4.78 is 10.6. The van der Waals surface area contributed by atoms with E-state index in [2.05, 4.69) is 16.3 Å². The Morgan fingerprint density at radius 2 is 1.97 bits per heavy atom. The van der Waals surface area contributed by atoms with Gasteiger partial charge in [0.25, 0.3) is 0 Å². The van der Waals surface area contributed by atoms with E-state index in [1.54, 1.807) is 25.6 Å². The molecule has 30 heavy (non-hydrogen) atoms. The van der Waals surface area contributed by atoms with Gasteiger partial charge in [-0.1, -0.05) is 6.07 Å². The van der Waals surface area contributed by atoms with Crippen molar-refractivity contribution in [1.82, 2.24) is 4.90 Å². The number of fused-ring (bicyclic) bond motifs is 1. The van der Waals surface area contributed by atoms with Crippen molar-refractivity contribution in [3.63, 3.8) is 0 Å². The lowest BCUT2D eigenvalue weighted by Gasteiger charge is -2.17. The quantitative estimate of drug-likeness (QED) is 0.654. The van der Waals surface area contributed by atoms with Gasteiger partial charge in [0.05, 0.1) is 19.8 Å². The topological polar surface area (TPSA) is 74.6 Å². The van der Waals surface area contributed by atoms with Crippen molar-refractivity contribution in [2.75, 3.05) is 39.7 Å². The first-order valence-corrected chi connectivity index (χ1v) is 11.1. The minimum Gasteiger partial charge on any atom is -0.493 e. The van der Waals surface area contributed by atoms with Gasteiger partial charge in [0, 0.05) is 24.4 Å². The largest absolute Gasteiger partial charge is 0.493 e. The molecule has 1 N–H and O–H groups in total. The number of carbonyl (C=O) groups is 1. The molecule has 160 valence electrons. The van der Waals surface area contributed by atoms with Crippen molar-refractivity contribution in [2.45, 2.75) is 38.5 Å². The fourth-order valence-electron chi connectivity index (χ4n) is 3.72. The highest BCUT2D eigenvalue weighted by molar-refractivity contribution is 7.16. The minimum atomic E-state index is -0.0388. The molecule has 1 aliphatic carbocycles. The van der Waals surface area contributed by atoms with Crippen LogP contribution in [0.3, 0.4) is 0 Å². The first kappa shape index (κ1) is 22.1. The number of rotatable bonds is 9. The molecule has 1 aromatic heterocycles. The molecule has 1 aliphatic rings. The van der Waals surface area contributed by atoms with Gasteiger partial charge in [-0.2, -0.15) is 5.26 Å². The van der Waals surface area contributed by atoms with Crippen LogP contribution in [0, 0.1) is 11.3 Å². The smallest absolute Gasteiger partial charge is 0.226 e. The molecule has 7 heteroatoms. The van der Waals surface area contributed by atoms with Crippen molar-refractivity contribution in [3.05, 3.63) is 39.8 Å². The van der Waals surface area contributed by atoms with Crippen molar-refractivity contribution in [3.8, 4) is 17.6 Å². The molecule has 0 fully saturated rings. The summed E-state index contributed by atoms with van der Waals surface area (Å²) >= 11 is 1.57. The van der Waals surface area contributed by atoms with Crippen LogP contribution in [0.15, 0.2) is 18.2 Å². The number of carbonyl (C=O) groups excluding carboxylic acids is 1. The predicted octanol–water partition coefficient (Wildman–Crippen LogP) is 4.02. The Hall–Kier alpha value is -2.56. The summed E-state index contributed by atoms with van der Waals surface area (Å²) in [7, 11) is 5.27. The molecule has 0 saturated heterocycles. The van der Waals surface area contributed by atoms with Gasteiger partial charge in [-0.15, -0.1) is 11.3 Å². The van der Waals surface area contributed by atoms with Gasteiger partial charge >= 0.3 is 0 Å². The van der Waals surface area contributed by atoms with Gasteiger partial charge in [-0.05, 0) is 62.4 Å². The number of likely N-dealkylation sites (N-methyl/N-ethyl adjacent to an activating group) is 1. The molecule has 6 nitrogen and oxygen atoms in total. The molecule has 0 aliphatic heterocycles. The molecule has 1 heterocycles. The van der Waals surface area contributed by atoms with Crippen LogP contribution in [0.5, 0.6) is 11.5 Å². The number of ether oxygens (including phenoxy) is 2. The highest BCUT2D eigenvalue weighted by Crippen LogP contribution is 2.37. The second-order valence-electron chi connectivity index (χ2n) is 7.57. The normalized spacial score (nSPS) is 12.9. The molecule has 3 rings (SSSR count). The number of nitrogens with one attached hydrogen (secondary N) is 1. The van der Waals surface area contributed by atoms with Gasteiger partial charge < -0.3 is 19.7 Å². The number of thiophene rings is 1. The van der Waals surface area contributed by atoms with E-state index in [-0.39, 0.29) is 5.91 Å². The average Bonchev–Trinajstić information content (AvgIpc) is 3.12. The van der Waals surface area contributed by atoms with E-state index >= 15 is 0 Å². The third kappa shape index (κ3) is 5.32. The van der Waals surface area contributed by atoms with E-state index in [9.17, 15) is 10.1 Å². The summed E-state index contributed by atoms with van der Waals surface area (Å²) in [5.41, 5.74) is 2.98. The maximum Gasteiger partial charge on any atom is 0.226 e. The Morgan fingerprint density at radius 3 is 2.70 bits per heavy atom.